The summed E-state index contributed by atoms with van der Waals surface area (Å²) in [5.41, 5.74) is 0.814. The minimum atomic E-state index is -0.853. The highest BCUT2D eigenvalue weighted by Crippen LogP contribution is 2.15. The van der Waals surface area contributed by atoms with Crippen molar-refractivity contribution in [3.63, 3.8) is 0 Å². The molecule has 2 amide bonds. The Morgan fingerprint density at radius 1 is 1.38 bits per heavy atom. The number of piperidine rings is 1. The number of rotatable bonds is 5. The second-order valence-corrected chi connectivity index (χ2v) is 6.04. The van der Waals surface area contributed by atoms with Crippen LogP contribution in [-0.2, 0) is 14.3 Å². The highest BCUT2D eigenvalue weighted by Gasteiger charge is 2.24. The third-order valence-corrected chi connectivity index (χ3v) is 4.03. The zero-order valence-electron chi connectivity index (χ0n) is 14.1. The van der Waals surface area contributed by atoms with Crippen molar-refractivity contribution in [1.82, 2.24) is 10.2 Å². The molecule has 1 aromatic carbocycles. The van der Waals surface area contributed by atoms with E-state index in [1.54, 1.807) is 20.1 Å². The van der Waals surface area contributed by atoms with Crippen LogP contribution in [0.3, 0.4) is 0 Å². The molecule has 0 unspecified atom stereocenters. The first-order valence-electron chi connectivity index (χ1n) is 8.09. The van der Waals surface area contributed by atoms with E-state index in [4.69, 9.17) is 4.74 Å². The maximum atomic E-state index is 13.7. The van der Waals surface area contributed by atoms with E-state index in [1.165, 1.54) is 12.1 Å². The van der Waals surface area contributed by atoms with Gasteiger partial charge in [0.1, 0.15) is 5.82 Å². The average Bonchev–Trinajstić information content (AvgIpc) is 2.56. The number of likely N-dealkylation sites (tertiary alicyclic amines) is 1. The fourth-order valence-corrected chi connectivity index (χ4v) is 2.76. The Hall–Kier alpha value is -1.99. The molecule has 1 aliphatic rings. The monoisotopic (exact) mass is 337 g/mol. The van der Waals surface area contributed by atoms with E-state index < -0.39 is 17.6 Å². The summed E-state index contributed by atoms with van der Waals surface area (Å²) in [4.78, 5) is 26.2. The molecular weight excluding hydrogens is 313 g/mol. The second-order valence-electron chi connectivity index (χ2n) is 6.04. The maximum Gasteiger partial charge on any atom is 0.313 e. The van der Waals surface area contributed by atoms with Crippen molar-refractivity contribution in [2.45, 2.75) is 25.8 Å². The molecule has 24 heavy (non-hydrogen) atoms. The summed E-state index contributed by atoms with van der Waals surface area (Å²) < 4.78 is 18.7. The van der Waals surface area contributed by atoms with Gasteiger partial charge in [-0.3, -0.25) is 14.5 Å². The van der Waals surface area contributed by atoms with Gasteiger partial charge in [0.15, 0.2) is 0 Å². The molecule has 1 saturated heterocycles. The number of carbonyl (C=O) groups excluding carboxylic acids is 2. The Labute approximate surface area is 141 Å². The predicted molar refractivity (Wildman–Crippen MR) is 89.2 cm³/mol. The van der Waals surface area contributed by atoms with Gasteiger partial charge in [-0.1, -0.05) is 6.07 Å². The number of hydrogen-bond donors (Lipinski definition) is 2. The summed E-state index contributed by atoms with van der Waals surface area (Å²) in [5.74, 6) is -2.16. The molecule has 1 atom stereocenters. The predicted octanol–water partition coefficient (Wildman–Crippen LogP) is 1.30. The molecule has 1 heterocycles. The number of amides is 2. The van der Waals surface area contributed by atoms with Gasteiger partial charge < -0.3 is 15.4 Å². The highest BCUT2D eigenvalue weighted by atomic mass is 19.1. The van der Waals surface area contributed by atoms with Crippen LogP contribution in [0.2, 0.25) is 0 Å². The van der Waals surface area contributed by atoms with Crippen molar-refractivity contribution >= 4 is 17.5 Å². The SMILES string of the molecule is COCCN1CCC[C@H](NC(=O)C(=O)Nc2cc(C)ccc2F)C1. The van der Waals surface area contributed by atoms with Crippen molar-refractivity contribution in [2.75, 3.05) is 38.7 Å². The number of nitrogens with zero attached hydrogens (tertiary/aromatic N) is 1. The first-order valence-corrected chi connectivity index (χ1v) is 8.09. The van der Waals surface area contributed by atoms with E-state index in [-0.39, 0.29) is 11.7 Å². The molecule has 1 fully saturated rings. The Morgan fingerprint density at radius 3 is 2.92 bits per heavy atom. The molecule has 2 N–H and O–H groups in total. The first kappa shape index (κ1) is 18.4. The number of carbonyl (C=O) groups is 2. The summed E-state index contributed by atoms with van der Waals surface area (Å²) >= 11 is 0. The fraction of sp³-hybridized carbons (Fsp3) is 0.529. The van der Waals surface area contributed by atoms with E-state index in [9.17, 15) is 14.0 Å². The van der Waals surface area contributed by atoms with Crippen molar-refractivity contribution in [2.24, 2.45) is 0 Å². The molecule has 7 heteroatoms. The zero-order valence-corrected chi connectivity index (χ0v) is 14.1. The van der Waals surface area contributed by atoms with Gasteiger partial charge >= 0.3 is 11.8 Å². The van der Waals surface area contributed by atoms with Crippen LogP contribution in [0.1, 0.15) is 18.4 Å². The molecule has 2 rings (SSSR count). The van der Waals surface area contributed by atoms with Crippen molar-refractivity contribution in [3.05, 3.63) is 29.6 Å². The number of halogens is 1. The van der Waals surface area contributed by atoms with Crippen LogP contribution >= 0.6 is 0 Å². The molecule has 132 valence electrons. The minimum Gasteiger partial charge on any atom is -0.383 e. The largest absolute Gasteiger partial charge is 0.383 e. The molecule has 0 spiro atoms. The van der Waals surface area contributed by atoms with E-state index in [1.807, 2.05) is 0 Å². The molecule has 0 radical (unpaired) electrons. The van der Waals surface area contributed by atoms with Gasteiger partial charge in [0.05, 0.1) is 12.3 Å². The average molecular weight is 337 g/mol. The molecule has 0 bridgehead atoms. The van der Waals surface area contributed by atoms with Crippen molar-refractivity contribution in [3.8, 4) is 0 Å². The lowest BCUT2D eigenvalue weighted by atomic mass is 10.1. The van der Waals surface area contributed by atoms with Crippen LogP contribution < -0.4 is 10.6 Å². The van der Waals surface area contributed by atoms with Gasteiger partial charge in [0.2, 0.25) is 0 Å². The maximum absolute atomic E-state index is 13.7. The van der Waals surface area contributed by atoms with Crippen LogP contribution in [0, 0.1) is 12.7 Å². The number of methoxy groups -OCH3 is 1. The number of ether oxygens (including phenoxy) is 1. The quantitative estimate of drug-likeness (QED) is 0.795. The summed E-state index contributed by atoms with van der Waals surface area (Å²) in [6, 6.07) is 4.27. The second kappa shape index (κ2) is 8.75. The number of aryl methyl sites for hydroxylation is 1. The number of benzene rings is 1. The molecule has 6 nitrogen and oxygen atoms in total. The Morgan fingerprint density at radius 2 is 2.17 bits per heavy atom. The van der Waals surface area contributed by atoms with Crippen LogP contribution in [0.25, 0.3) is 0 Å². The first-order chi connectivity index (χ1) is 11.5. The zero-order chi connectivity index (χ0) is 17.5. The summed E-state index contributed by atoms with van der Waals surface area (Å²) in [7, 11) is 1.65. The van der Waals surface area contributed by atoms with Crippen LogP contribution in [0.15, 0.2) is 18.2 Å². The van der Waals surface area contributed by atoms with Crippen molar-refractivity contribution < 1.29 is 18.7 Å². The molecule has 0 aromatic heterocycles. The van der Waals surface area contributed by atoms with Gasteiger partial charge in [-0.2, -0.15) is 0 Å². The Balaban J connectivity index is 1.87. The van der Waals surface area contributed by atoms with Crippen LogP contribution in [-0.4, -0.2) is 56.1 Å². The molecule has 0 saturated carbocycles. The van der Waals surface area contributed by atoms with Gasteiger partial charge in [0.25, 0.3) is 0 Å². The fourth-order valence-electron chi connectivity index (χ4n) is 2.76. The Bertz CT molecular complexity index is 594. The van der Waals surface area contributed by atoms with E-state index in [2.05, 4.69) is 15.5 Å². The van der Waals surface area contributed by atoms with E-state index in [0.717, 1.165) is 31.5 Å². The minimum absolute atomic E-state index is 0.0144. The molecule has 1 aliphatic heterocycles. The lowest BCUT2D eigenvalue weighted by Crippen LogP contribution is -2.50. The number of anilines is 1. The number of hydrogen-bond acceptors (Lipinski definition) is 4. The summed E-state index contributed by atoms with van der Waals surface area (Å²) in [6.07, 6.45) is 1.77. The normalized spacial score (nSPS) is 18.2. The number of nitrogens with one attached hydrogen (secondary N) is 2. The lowest BCUT2D eigenvalue weighted by molar-refractivity contribution is -0.136. The third-order valence-electron chi connectivity index (χ3n) is 4.03. The van der Waals surface area contributed by atoms with Crippen LogP contribution in [0.5, 0.6) is 0 Å². The van der Waals surface area contributed by atoms with E-state index >= 15 is 0 Å². The highest BCUT2D eigenvalue weighted by molar-refractivity contribution is 6.39. The summed E-state index contributed by atoms with van der Waals surface area (Å²) in [6.45, 7) is 4.85. The van der Waals surface area contributed by atoms with Gasteiger partial charge in [-0.15, -0.1) is 0 Å². The van der Waals surface area contributed by atoms with Gasteiger partial charge in [0, 0.05) is 26.2 Å². The van der Waals surface area contributed by atoms with Crippen molar-refractivity contribution in [1.29, 1.82) is 0 Å². The molecule has 0 aliphatic carbocycles. The van der Waals surface area contributed by atoms with E-state index in [0.29, 0.717) is 13.2 Å². The smallest absolute Gasteiger partial charge is 0.313 e. The lowest BCUT2D eigenvalue weighted by Gasteiger charge is -2.32. The summed E-state index contributed by atoms with van der Waals surface area (Å²) in [5, 5.41) is 5.05. The molecular formula is C17H24FN3O3. The topological polar surface area (TPSA) is 70.7 Å². The van der Waals surface area contributed by atoms with Gasteiger partial charge in [-0.05, 0) is 44.0 Å². The third kappa shape index (κ3) is 5.28. The Kier molecular flexibility index (Phi) is 6.69. The van der Waals surface area contributed by atoms with Crippen LogP contribution in [0.4, 0.5) is 10.1 Å². The molecule has 1 aromatic rings. The van der Waals surface area contributed by atoms with Gasteiger partial charge in [-0.25, -0.2) is 4.39 Å². The standard InChI is InChI=1S/C17H24FN3O3/c1-12-5-6-14(18)15(10-12)20-17(23)16(22)19-13-4-3-7-21(11-13)8-9-24-2/h5-6,10,13H,3-4,7-9,11H2,1-2H3,(H,19,22)(H,20,23)/t13-/m0/s1.